The largest absolute Gasteiger partial charge is 0.462 e. The maximum Gasteiger partial charge on any atom is 0.316 e. The van der Waals surface area contributed by atoms with E-state index in [-0.39, 0.29) is 17.8 Å². The van der Waals surface area contributed by atoms with E-state index in [1.54, 1.807) is 0 Å². The number of hydrogen-bond acceptors (Lipinski definition) is 5. The van der Waals surface area contributed by atoms with E-state index in [1.807, 2.05) is 0 Å². The molecule has 0 spiro atoms. The summed E-state index contributed by atoms with van der Waals surface area (Å²) in [5.74, 6) is 2.00. The lowest BCUT2D eigenvalue weighted by Crippen LogP contribution is -2.30. The number of esters is 1. The van der Waals surface area contributed by atoms with Crippen molar-refractivity contribution in [2.45, 2.75) is 77.5 Å². The molecule has 1 aromatic rings. The molecule has 0 bridgehead atoms. The van der Waals surface area contributed by atoms with Crippen molar-refractivity contribution in [1.82, 2.24) is 15.2 Å². The smallest absolute Gasteiger partial charge is 0.316 e. The Bertz CT molecular complexity index is 514. The van der Waals surface area contributed by atoms with Crippen molar-refractivity contribution in [2.24, 2.45) is 11.3 Å². The summed E-state index contributed by atoms with van der Waals surface area (Å²) in [6.07, 6.45) is 4.34. The quantitative estimate of drug-likeness (QED) is 0.644. The number of aromatic nitrogens is 3. The molecule has 1 N–H and O–H groups in total. The lowest BCUT2D eigenvalue weighted by Gasteiger charge is -2.36. The lowest BCUT2D eigenvalue weighted by molar-refractivity contribution is -0.148. The number of rotatable bonds is 5. The fourth-order valence-electron chi connectivity index (χ4n) is 2.97. The molecule has 0 aromatic carbocycles. The Labute approximate surface area is 143 Å². The van der Waals surface area contributed by atoms with Crippen molar-refractivity contribution in [2.75, 3.05) is 5.75 Å². The van der Waals surface area contributed by atoms with Crippen LogP contribution in [0.25, 0.3) is 0 Å². The monoisotopic (exact) mass is 339 g/mol. The van der Waals surface area contributed by atoms with Crippen LogP contribution in [-0.4, -0.2) is 33.0 Å². The minimum absolute atomic E-state index is 0.0834. The summed E-state index contributed by atoms with van der Waals surface area (Å²) in [4.78, 5) is 16.3. The molecule has 0 aliphatic heterocycles. The Hall–Kier alpha value is -1.04. The highest BCUT2D eigenvalue weighted by atomic mass is 32.2. The molecular weight excluding hydrogens is 310 g/mol. The van der Waals surface area contributed by atoms with Gasteiger partial charge >= 0.3 is 5.97 Å². The number of nitrogens with zero attached hydrogens (tertiary/aromatic N) is 2. The molecule has 1 aromatic heterocycles. The second-order valence-corrected chi connectivity index (χ2v) is 8.72. The normalized spacial score (nSPS) is 22.3. The van der Waals surface area contributed by atoms with Gasteiger partial charge in [0, 0.05) is 5.92 Å². The maximum atomic E-state index is 12.0. The van der Waals surface area contributed by atoms with Gasteiger partial charge < -0.3 is 4.74 Å². The first kappa shape index (κ1) is 18.3. The third kappa shape index (κ3) is 5.52. The molecule has 23 heavy (non-hydrogen) atoms. The minimum atomic E-state index is -0.162. The first-order valence-corrected chi connectivity index (χ1v) is 9.49. The Morgan fingerprint density at radius 1 is 1.30 bits per heavy atom. The van der Waals surface area contributed by atoms with E-state index < -0.39 is 0 Å². The van der Waals surface area contributed by atoms with E-state index in [4.69, 9.17) is 4.74 Å². The van der Waals surface area contributed by atoms with Crippen LogP contribution < -0.4 is 0 Å². The molecule has 0 radical (unpaired) electrons. The third-order valence-corrected chi connectivity index (χ3v) is 5.37. The highest BCUT2D eigenvalue weighted by molar-refractivity contribution is 7.99. The zero-order valence-corrected chi connectivity index (χ0v) is 15.7. The maximum absolute atomic E-state index is 12.0. The number of aromatic amines is 1. The second-order valence-electron chi connectivity index (χ2n) is 7.78. The Balaban J connectivity index is 1.71. The number of carbonyl (C=O) groups excluding carboxylic acids is 1. The number of ether oxygens (including phenoxy) is 1. The van der Waals surface area contributed by atoms with Gasteiger partial charge in [-0.1, -0.05) is 46.4 Å². The first-order chi connectivity index (χ1) is 10.8. The number of thioether (sulfide) groups is 1. The number of hydrogen-bond donors (Lipinski definition) is 1. The van der Waals surface area contributed by atoms with Crippen LogP contribution in [0.1, 0.15) is 72.0 Å². The summed E-state index contributed by atoms with van der Waals surface area (Å²) in [6, 6.07) is 0. The topological polar surface area (TPSA) is 67.9 Å². The van der Waals surface area contributed by atoms with Crippen LogP contribution in [0.3, 0.4) is 0 Å². The van der Waals surface area contributed by atoms with Crippen LogP contribution in [0.5, 0.6) is 0 Å². The van der Waals surface area contributed by atoms with Crippen molar-refractivity contribution in [3.8, 4) is 0 Å². The van der Waals surface area contributed by atoms with Crippen LogP contribution >= 0.6 is 11.8 Å². The highest BCUT2D eigenvalue weighted by Crippen LogP contribution is 2.38. The highest BCUT2D eigenvalue weighted by Gasteiger charge is 2.31. The Kier molecular flexibility index (Phi) is 6.12. The van der Waals surface area contributed by atoms with Crippen molar-refractivity contribution < 1.29 is 9.53 Å². The second kappa shape index (κ2) is 7.69. The standard InChI is InChI=1S/C17H29N3O2S/c1-11(2)15-18-16(20-19-15)23-10-14(21)22-13-8-6-12(7-9-13)17(3,4)5/h11-13H,6-10H2,1-5H3,(H,18,19,20). The SMILES string of the molecule is CC(C)c1nc(SCC(=O)OC2CCC(C(C)(C)C)CC2)n[nH]1. The predicted octanol–water partition coefficient (Wildman–Crippen LogP) is 4.17. The fourth-order valence-corrected chi connectivity index (χ4v) is 3.56. The van der Waals surface area contributed by atoms with Gasteiger partial charge in [-0.3, -0.25) is 9.89 Å². The van der Waals surface area contributed by atoms with E-state index in [1.165, 1.54) is 11.8 Å². The first-order valence-electron chi connectivity index (χ1n) is 8.50. The van der Waals surface area contributed by atoms with Crippen molar-refractivity contribution >= 4 is 17.7 Å². The lowest BCUT2D eigenvalue weighted by atomic mass is 9.72. The molecule has 130 valence electrons. The minimum Gasteiger partial charge on any atom is -0.462 e. The summed E-state index contributed by atoms with van der Waals surface area (Å²) in [6.45, 7) is 11.0. The summed E-state index contributed by atoms with van der Waals surface area (Å²) >= 11 is 1.33. The molecule has 1 saturated carbocycles. The molecular formula is C17H29N3O2S. The van der Waals surface area contributed by atoms with Crippen molar-refractivity contribution in [3.05, 3.63) is 5.82 Å². The summed E-state index contributed by atoms with van der Waals surface area (Å²) in [5, 5.41) is 7.62. The van der Waals surface area contributed by atoms with E-state index in [0.29, 0.717) is 16.5 Å². The van der Waals surface area contributed by atoms with Crippen LogP contribution in [0.2, 0.25) is 0 Å². The predicted molar refractivity (Wildman–Crippen MR) is 92.5 cm³/mol. The average molecular weight is 340 g/mol. The Morgan fingerprint density at radius 3 is 2.48 bits per heavy atom. The van der Waals surface area contributed by atoms with Gasteiger partial charge in [0.2, 0.25) is 5.16 Å². The molecule has 0 amide bonds. The molecule has 1 aliphatic carbocycles. The molecule has 0 atom stereocenters. The van der Waals surface area contributed by atoms with Gasteiger partial charge in [0.1, 0.15) is 11.9 Å². The molecule has 6 heteroatoms. The number of H-pyrrole nitrogens is 1. The summed E-state index contributed by atoms with van der Waals surface area (Å²) in [5.41, 5.74) is 0.352. The van der Waals surface area contributed by atoms with Gasteiger partial charge in [0.05, 0.1) is 5.75 Å². The molecule has 1 fully saturated rings. The molecule has 0 saturated heterocycles. The van der Waals surface area contributed by atoms with Gasteiger partial charge in [-0.15, -0.1) is 5.10 Å². The van der Waals surface area contributed by atoms with Crippen LogP contribution in [0, 0.1) is 11.3 Å². The molecule has 1 aliphatic rings. The molecule has 5 nitrogen and oxygen atoms in total. The van der Waals surface area contributed by atoms with Gasteiger partial charge in [-0.2, -0.15) is 0 Å². The van der Waals surface area contributed by atoms with E-state index in [2.05, 4.69) is 49.8 Å². The van der Waals surface area contributed by atoms with Crippen molar-refractivity contribution in [3.63, 3.8) is 0 Å². The van der Waals surface area contributed by atoms with Gasteiger partial charge in [-0.05, 0) is 37.0 Å². The zero-order chi connectivity index (χ0) is 17.0. The average Bonchev–Trinajstić information content (AvgIpc) is 2.94. The third-order valence-electron chi connectivity index (χ3n) is 4.55. The molecule has 1 heterocycles. The molecule has 2 rings (SSSR count). The van der Waals surface area contributed by atoms with E-state index >= 15 is 0 Å². The van der Waals surface area contributed by atoms with Crippen LogP contribution in [-0.2, 0) is 9.53 Å². The van der Waals surface area contributed by atoms with Gasteiger partial charge in [0.15, 0.2) is 0 Å². The van der Waals surface area contributed by atoms with Crippen molar-refractivity contribution in [1.29, 1.82) is 0 Å². The zero-order valence-electron chi connectivity index (χ0n) is 14.9. The summed E-state index contributed by atoms with van der Waals surface area (Å²) in [7, 11) is 0. The Morgan fingerprint density at radius 2 is 1.96 bits per heavy atom. The number of nitrogens with one attached hydrogen (secondary N) is 1. The van der Waals surface area contributed by atoms with Crippen LogP contribution in [0.15, 0.2) is 5.16 Å². The van der Waals surface area contributed by atoms with E-state index in [0.717, 1.165) is 37.4 Å². The molecule has 0 unspecified atom stereocenters. The van der Waals surface area contributed by atoms with Gasteiger partial charge in [0.25, 0.3) is 0 Å². The summed E-state index contributed by atoms with van der Waals surface area (Å²) < 4.78 is 5.60. The van der Waals surface area contributed by atoms with Gasteiger partial charge in [-0.25, -0.2) is 4.98 Å². The van der Waals surface area contributed by atoms with Crippen LogP contribution in [0.4, 0.5) is 0 Å². The fraction of sp³-hybridized carbons (Fsp3) is 0.824. The van der Waals surface area contributed by atoms with E-state index in [9.17, 15) is 4.79 Å². The number of carbonyl (C=O) groups is 1.